The van der Waals surface area contributed by atoms with Crippen molar-refractivity contribution < 1.29 is 17.9 Å². The van der Waals surface area contributed by atoms with E-state index in [9.17, 15) is 13.2 Å². The minimum Gasteiger partial charge on any atom is -0.480 e. The largest absolute Gasteiger partial charge is 0.480 e. The average molecular weight is 447 g/mol. The highest BCUT2D eigenvalue weighted by molar-refractivity contribution is 7.26. The number of rotatable bonds is 4. The van der Waals surface area contributed by atoms with Gasteiger partial charge in [-0.25, -0.2) is 15.0 Å². The van der Waals surface area contributed by atoms with Gasteiger partial charge in [0.1, 0.15) is 10.6 Å². The van der Waals surface area contributed by atoms with Crippen molar-refractivity contribution >= 4 is 43.4 Å². The van der Waals surface area contributed by atoms with E-state index in [0.29, 0.717) is 19.0 Å². The molecule has 0 spiro atoms. The normalized spacial score (nSPS) is 14.8. The minimum absolute atomic E-state index is 0.0657. The molecule has 160 valence electrons. The van der Waals surface area contributed by atoms with Crippen LogP contribution in [0.1, 0.15) is 11.1 Å². The molecule has 5 heterocycles. The Kier molecular flexibility index (Phi) is 4.54. The summed E-state index contributed by atoms with van der Waals surface area (Å²) in [5, 5.41) is 13.8. The van der Waals surface area contributed by atoms with E-state index >= 15 is 0 Å². The molecule has 0 bridgehead atoms. The van der Waals surface area contributed by atoms with Crippen molar-refractivity contribution in [1.29, 1.82) is 0 Å². The summed E-state index contributed by atoms with van der Waals surface area (Å²) in [4.78, 5) is 14.8. The SMILES string of the molecule is COc1nnc2sc3c(NC4CN(c5ncc(C(F)(F)F)cn5)C4)nccc3c2c1C. The fourth-order valence-corrected chi connectivity index (χ4v) is 4.70. The molecule has 31 heavy (non-hydrogen) atoms. The summed E-state index contributed by atoms with van der Waals surface area (Å²) >= 11 is 1.50. The summed E-state index contributed by atoms with van der Waals surface area (Å²) in [5.41, 5.74) is 0.0623. The van der Waals surface area contributed by atoms with Gasteiger partial charge in [0, 0.05) is 48.0 Å². The van der Waals surface area contributed by atoms with Crippen LogP contribution in [0.5, 0.6) is 5.88 Å². The molecule has 1 saturated heterocycles. The number of anilines is 2. The highest BCUT2D eigenvalue weighted by Gasteiger charge is 2.33. The molecule has 0 unspecified atom stereocenters. The van der Waals surface area contributed by atoms with Gasteiger partial charge in [0.05, 0.1) is 23.4 Å². The Morgan fingerprint density at radius 2 is 1.90 bits per heavy atom. The quantitative estimate of drug-likeness (QED) is 0.507. The standard InChI is InChI=1S/C19H16F3N7OS/c1-9-13-12-3-4-23-15(14(12)31-17(13)28-27-16(9)30-2)26-11-7-29(8-11)18-24-5-10(6-25-18)19(20,21)22/h3-6,11H,7-8H2,1-2H3,(H,23,26). The molecule has 0 saturated carbocycles. The van der Waals surface area contributed by atoms with Crippen molar-refractivity contribution in [1.82, 2.24) is 25.1 Å². The highest BCUT2D eigenvalue weighted by atomic mass is 32.1. The Morgan fingerprint density at radius 3 is 2.58 bits per heavy atom. The zero-order valence-electron chi connectivity index (χ0n) is 16.4. The third-order valence-corrected chi connectivity index (χ3v) is 6.27. The maximum absolute atomic E-state index is 12.7. The first-order chi connectivity index (χ1) is 14.8. The third kappa shape index (κ3) is 3.36. The van der Waals surface area contributed by atoms with Gasteiger partial charge in [0.2, 0.25) is 11.8 Å². The van der Waals surface area contributed by atoms with E-state index in [1.165, 1.54) is 11.3 Å². The number of halogens is 3. The summed E-state index contributed by atoms with van der Waals surface area (Å²) in [6.45, 7) is 3.06. The number of aryl methyl sites for hydroxylation is 1. The second-order valence-corrected chi connectivity index (χ2v) is 8.17. The van der Waals surface area contributed by atoms with E-state index < -0.39 is 11.7 Å². The molecule has 12 heteroatoms. The van der Waals surface area contributed by atoms with Crippen molar-refractivity contribution in [3.63, 3.8) is 0 Å². The smallest absolute Gasteiger partial charge is 0.419 e. The van der Waals surface area contributed by atoms with E-state index in [1.54, 1.807) is 13.3 Å². The third-order valence-electron chi connectivity index (χ3n) is 5.18. The lowest BCUT2D eigenvalue weighted by Crippen LogP contribution is -2.55. The molecular weight excluding hydrogens is 431 g/mol. The minimum atomic E-state index is -4.45. The Labute approximate surface area is 178 Å². The fraction of sp³-hybridized carbons (Fsp3) is 0.316. The van der Waals surface area contributed by atoms with Crippen LogP contribution in [0, 0.1) is 6.92 Å². The molecule has 5 rings (SSSR count). The molecule has 0 amide bonds. The van der Waals surface area contributed by atoms with Crippen LogP contribution < -0.4 is 15.0 Å². The molecule has 0 aromatic carbocycles. The van der Waals surface area contributed by atoms with Crippen LogP contribution in [-0.2, 0) is 6.18 Å². The first kappa shape index (κ1) is 19.7. The molecule has 4 aromatic heterocycles. The number of fused-ring (bicyclic) bond motifs is 3. The lowest BCUT2D eigenvalue weighted by molar-refractivity contribution is -0.138. The lowest BCUT2D eigenvalue weighted by atomic mass is 10.1. The van der Waals surface area contributed by atoms with Gasteiger partial charge in [-0.15, -0.1) is 21.5 Å². The summed E-state index contributed by atoms with van der Waals surface area (Å²) < 4.78 is 44.3. The number of methoxy groups -OCH3 is 1. The molecule has 0 aliphatic carbocycles. The van der Waals surface area contributed by atoms with Crippen molar-refractivity contribution in [3.05, 3.63) is 35.8 Å². The number of nitrogens with one attached hydrogen (secondary N) is 1. The first-order valence-corrected chi connectivity index (χ1v) is 10.2. The molecule has 1 aliphatic rings. The van der Waals surface area contributed by atoms with E-state index in [-0.39, 0.29) is 12.0 Å². The van der Waals surface area contributed by atoms with Gasteiger partial charge < -0.3 is 15.0 Å². The van der Waals surface area contributed by atoms with Crippen LogP contribution in [0.25, 0.3) is 20.3 Å². The van der Waals surface area contributed by atoms with E-state index in [2.05, 4.69) is 30.5 Å². The topological polar surface area (TPSA) is 89.0 Å². The van der Waals surface area contributed by atoms with Crippen LogP contribution in [-0.4, -0.2) is 51.4 Å². The molecule has 0 radical (unpaired) electrons. The second kappa shape index (κ2) is 7.15. The van der Waals surface area contributed by atoms with Crippen LogP contribution in [0.3, 0.4) is 0 Å². The predicted molar refractivity (Wildman–Crippen MR) is 111 cm³/mol. The van der Waals surface area contributed by atoms with Crippen molar-refractivity contribution in [3.8, 4) is 5.88 Å². The van der Waals surface area contributed by atoms with Crippen LogP contribution in [0.2, 0.25) is 0 Å². The molecule has 0 atom stereocenters. The van der Waals surface area contributed by atoms with Gasteiger partial charge in [0.15, 0.2) is 0 Å². The van der Waals surface area contributed by atoms with E-state index in [0.717, 1.165) is 44.1 Å². The maximum Gasteiger partial charge on any atom is 0.419 e. The number of alkyl halides is 3. The van der Waals surface area contributed by atoms with Crippen LogP contribution in [0.4, 0.5) is 24.9 Å². The predicted octanol–water partition coefficient (Wildman–Crippen LogP) is 3.67. The zero-order valence-corrected chi connectivity index (χ0v) is 17.3. The van der Waals surface area contributed by atoms with Gasteiger partial charge in [-0.3, -0.25) is 0 Å². The number of nitrogens with zero attached hydrogens (tertiary/aromatic N) is 6. The number of thiophene rings is 1. The average Bonchev–Trinajstić information content (AvgIpc) is 3.10. The monoisotopic (exact) mass is 447 g/mol. The van der Waals surface area contributed by atoms with Gasteiger partial charge >= 0.3 is 6.18 Å². The summed E-state index contributed by atoms with van der Waals surface area (Å²) in [7, 11) is 1.56. The Morgan fingerprint density at radius 1 is 1.16 bits per heavy atom. The van der Waals surface area contributed by atoms with Gasteiger partial charge in [-0.05, 0) is 13.0 Å². The Balaban J connectivity index is 1.35. The number of ether oxygens (including phenoxy) is 1. The van der Waals surface area contributed by atoms with Gasteiger partial charge in [-0.2, -0.15) is 13.2 Å². The molecular formula is C19H16F3N7OS. The molecule has 8 nitrogen and oxygen atoms in total. The fourth-order valence-electron chi connectivity index (χ4n) is 3.57. The van der Waals surface area contributed by atoms with Crippen molar-refractivity contribution in [2.24, 2.45) is 0 Å². The number of hydrogen-bond acceptors (Lipinski definition) is 9. The van der Waals surface area contributed by atoms with Crippen molar-refractivity contribution in [2.75, 3.05) is 30.4 Å². The van der Waals surface area contributed by atoms with E-state index in [4.69, 9.17) is 4.74 Å². The van der Waals surface area contributed by atoms with Gasteiger partial charge in [0.25, 0.3) is 0 Å². The molecule has 4 aromatic rings. The highest BCUT2D eigenvalue weighted by Crippen LogP contribution is 2.39. The summed E-state index contributed by atoms with van der Waals surface area (Å²) in [5.74, 6) is 1.50. The molecule has 1 aliphatic heterocycles. The lowest BCUT2D eigenvalue weighted by Gasteiger charge is -2.39. The molecule has 1 fully saturated rings. The Bertz CT molecular complexity index is 1270. The second-order valence-electron chi connectivity index (χ2n) is 7.17. The summed E-state index contributed by atoms with van der Waals surface area (Å²) in [6.07, 6.45) is -1.10. The number of aromatic nitrogens is 5. The zero-order chi connectivity index (χ0) is 21.8. The molecule has 1 N–H and O–H groups in total. The maximum atomic E-state index is 12.7. The number of hydrogen-bond donors (Lipinski definition) is 1. The Hall–Kier alpha value is -3.28. The number of pyridine rings is 1. The van der Waals surface area contributed by atoms with Crippen LogP contribution >= 0.6 is 11.3 Å². The van der Waals surface area contributed by atoms with Gasteiger partial charge in [-0.1, -0.05) is 0 Å². The van der Waals surface area contributed by atoms with Crippen LogP contribution in [0.15, 0.2) is 24.7 Å². The summed E-state index contributed by atoms with van der Waals surface area (Å²) in [6, 6.07) is 2.01. The van der Waals surface area contributed by atoms with E-state index in [1.807, 2.05) is 17.9 Å². The van der Waals surface area contributed by atoms with Crippen molar-refractivity contribution in [2.45, 2.75) is 19.1 Å². The first-order valence-electron chi connectivity index (χ1n) is 9.34.